The van der Waals surface area contributed by atoms with Crippen LogP contribution >= 0.6 is 0 Å². The van der Waals surface area contributed by atoms with Gasteiger partial charge in [-0.1, -0.05) is 6.07 Å². The average Bonchev–Trinajstić information content (AvgIpc) is 2.45. The Balaban J connectivity index is 2.03. The molecule has 10 heteroatoms. The molecule has 2 rings (SSSR count). The fourth-order valence-corrected chi connectivity index (χ4v) is 5.90. The van der Waals surface area contributed by atoms with Gasteiger partial charge < -0.3 is 10.2 Å². The molecular weight excluding hydrogens is 340 g/mol. The van der Waals surface area contributed by atoms with Crippen LogP contribution in [-0.2, 0) is 19.8 Å². The maximum absolute atomic E-state index is 12.3. The van der Waals surface area contributed by atoms with E-state index in [1.165, 1.54) is 4.90 Å². The molecule has 2 amide bonds. The fourth-order valence-electron chi connectivity index (χ4n) is 2.11. The number of sulfonamides is 1. The zero-order chi connectivity index (χ0) is 17.1. The number of hydrogen-bond acceptors (Lipinski definition) is 5. The second-order valence-electron chi connectivity index (χ2n) is 5.10. The number of hydrogen-bond donors (Lipinski definition) is 1. The summed E-state index contributed by atoms with van der Waals surface area (Å²) in [6.45, 7) is 0.309. The molecular formula is C13H16N4O4S2. The molecule has 1 fully saturated rings. The molecule has 0 unspecified atom stereocenters. The molecule has 1 N–H and O–H groups in total. The van der Waals surface area contributed by atoms with Crippen molar-refractivity contribution in [2.75, 3.05) is 36.2 Å². The zero-order valence-corrected chi connectivity index (χ0v) is 14.1. The van der Waals surface area contributed by atoms with Crippen LogP contribution in [0.3, 0.4) is 0 Å². The lowest BCUT2D eigenvalue weighted by molar-refractivity contribution is 0.216. The van der Waals surface area contributed by atoms with Gasteiger partial charge in [0.15, 0.2) is 0 Å². The van der Waals surface area contributed by atoms with Crippen molar-refractivity contribution in [2.24, 2.45) is 3.77 Å². The maximum Gasteiger partial charge on any atom is 0.321 e. The molecule has 1 aliphatic heterocycles. The van der Waals surface area contributed by atoms with Crippen LogP contribution in [0.25, 0.3) is 0 Å². The minimum atomic E-state index is -3.68. The number of anilines is 1. The van der Waals surface area contributed by atoms with Gasteiger partial charge in [-0.25, -0.2) is 17.4 Å². The van der Waals surface area contributed by atoms with Gasteiger partial charge in [-0.15, -0.1) is 3.77 Å². The van der Waals surface area contributed by atoms with Crippen LogP contribution in [0.15, 0.2) is 28.0 Å². The highest BCUT2D eigenvalue weighted by Crippen LogP contribution is 2.13. The van der Waals surface area contributed by atoms with Crippen molar-refractivity contribution in [3.63, 3.8) is 0 Å². The quantitative estimate of drug-likeness (QED) is 0.842. The minimum Gasteiger partial charge on any atom is -0.323 e. The van der Waals surface area contributed by atoms with Crippen LogP contribution in [0.4, 0.5) is 10.5 Å². The molecule has 1 aliphatic rings. The van der Waals surface area contributed by atoms with Crippen molar-refractivity contribution < 1.29 is 17.4 Å². The smallest absolute Gasteiger partial charge is 0.321 e. The monoisotopic (exact) mass is 356 g/mol. The Labute approximate surface area is 135 Å². The van der Waals surface area contributed by atoms with E-state index in [0.29, 0.717) is 11.3 Å². The van der Waals surface area contributed by atoms with E-state index in [2.05, 4.69) is 9.08 Å². The lowest BCUT2D eigenvalue weighted by Gasteiger charge is -2.28. The summed E-state index contributed by atoms with van der Waals surface area (Å²) in [5, 5.41) is 11.5. The number of nitrogens with one attached hydrogen (secondary N) is 1. The van der Waals surface area contributed by atoms with E-state index in [1.54, 1.807) is 24.3 Å². The summed E-state index contributed by atoms with van der Waals surface area (Å²) in [6, 6.07) is 8.07. The number of amides is 2. The normalized spacial score (nSPS) is 17.1. The molecule has 0 saturated carbocycles. The fraction of sp³-hybridized carbons (Fsp3) is 0.385. The third kappa shape index (κ3) is 4.94. The molecule has 1 aromatic carbocycles. The van der Waals surface area contributed by atoms with Crippen molar-refractivity contribution in [1.29, 1.82) is 5.26 Å². The van der Waals surface area contributed by atoms with E-state index < -0.39 is 19.8 Å². The molecule has 1 saturated heterocycles. The van der Waals surface area contributed by atoms with Gasteiger partial charge in [0.2, 0.25) is 0 Å². The van der Waals surface area contributed by atoms with Gasteiger partial charge in [0.25, 0.3) is 10.0 Å². The first-order valence-corrected chi connectivity index (χ1v) is 10.4. The highest BCUT2D eigenvalue weighted by atomic mass is 32.3. The maximum atomic E-state index is 12.3. The van der Waals surface area contributed by atoms with Gasteiger partial charge in [0.1, 0.15) is 0 Å². The number of urea groups is 1. The Morgan fingerprint density at radius 3 is 2.61 bits per heavy atom. The van der Waals surface area contributed by atoms with Crippen LogP contribution in [-0.4, -0.2) is 54.4 Å². The standard InChI is InChI=1S/C13H16N4O4S2/c1-22(19,20)16-23(21)7-5-17(6-8-23)13(18)15-12-4-2-3-11(9-12)10-14/h2-4,9H,5-8H2,1H3,(H,15,18). The van der Waals surface area contributed by atoms with Crippen LogP contribution < -0.4 is 5.32 Å². The molecule has 0 aromatic heterocycles. The summed E-state index contributed by atoms with van der Waals surface area (Å²) < 4.78 is 38.0. The van der Waals surface area contributed by atoms with Crippen molar-refractivity contribution in [2.45, 2.75) is 0 Å². The van der Waals surface area contributed by atoms with Crippen LogP contribution in [0, 0.1) is 11.3 Å². The highest BCUT2D eigenvalue weighted by molar-refractivity contribution is 8.03. The zero-order valence-electron chi connectivity index (χ0n) is 12.4. The molecule has 8 nitrogen and oxygen atoms in total. The number of nitrogens with zero attached hydrogens (tertiary/aromatic N) is 3. The molecule has 23 heavy (non-hydrogen) atoms. The number of benzene rings is 1. The molecule has 0 bridgehead atoms. The van der Waals surface area contributed by atoms with E-state index in [1.807, 2.05) is 6.07 Å². The van der Waals surface area contributed by atoms with E-state index in [-0.39, 0.29) is 30.6 Å². The van der Waals surface area contributed by atoms with Crippen LogP contribution in [0.2, 0.25) is 0 Å². The first kappa shape index (κ1) is 17.2. The Morgan fingerprint density at radius 1 is 1.39 bits per heavy atom. The average molecular weight is 356 g/mol. The molecule has 0 atom stereocenters. The van der Waals surface area contributed by atoms with Gasteiger partial charge in [0, 0.05) is 18.8 Å². The second-order valence-corrected chi connectivity index (χ2v) is 9.52. The summed E-state index contributed by atoms with van der Waals surface area (Å²) in [5.41, 5.74) is 0.914. The summed E-state index contributed by atoms with van der Waals surface area (Å²) in [6.07, 6.45) is 0.904. The molecule has 124 valence electrons. The number of nitriles is 1. The van der Waals surface area contributed by atoms with Crippen molar-refractivity contribution in [3.8, 4) is 6.07 Å². The van der Waals surface area contributed by atoms with Crippen LogP contribution in [0.1, 0.15) is 5.56 Å². The van der Waals surface area contributed by atoms with Crippen molar-refractivity contribution in [1.82, 2.24) is 4.90 Å². The molecule has 1 aromatic rings. The van der Waals surface area contributed by atoms with E-state index in [9.17, 15) is 17.4 Å². The Hall–Kier alpha value is -2.12. The highest BCUT2D eigenvalue weighted by Gasteiger charge is 2.25. The first-order chi connectivity index (χ1) is 10.7. The van der Waals surface area contributed by atoms with Gasteiger partial charge in [-0.2, -0.15) is 5.26 Å². The topological polar surface area (TPSA) is 120 Å². The second kappa shape index (κ2) is 6.55. The largest absolute Gasteiger partial charge is 0.323 e. The predicted octanol–water partition coefficient (Wildman–Crippen LogP) is 0.833. The number of carbonyl (C=O) groups excluding carboxylic acids is 1. The predicted molar refractivity (Wildman–Crippen MR) is 86.9 cm³/mol. The third-order valence-corrected chi connectivity index (χ3v) is 6.97. The van der Waals surface area contributed by atoms with E-state index in [0.717, 1.165) is 6.26 Å². The van der Waals surface area contributed by atoms with E-state index in [4.69, 9.17) is 5.26 Å². The number of carbonyl (C=O) groups is 1. The molecule has 1 heterocycles. The number of rotatable bonds is 2. The summed E-state index contributed by atoms with van der Waals surface area (Å²) >= 11 is 0. The van der Waals surface area contributed by atoms with Crippen molar-refractivity contribution in [3.05, 3.63) is 29.8 Å². The molecule has 0 spiro atoms. The SMILES string of the molecule is CS(=O)(=O)N=S1(=O)CCN(C(=O)Nc2cccc(C#N)c2)CC1. The lowest BCUT2D eigenvalue weighted by Crippen LogP contribution is -2.45. The lowest BCUT2D eigenvalue weighted by atomic mass is 10.2. The molecule has 0 radical (unpaired) electrons. The third-order valence-electron chi connectivity index (χ3n) is 3.16. The van der Waals surface area contributed by atoms with Crippen molar-refractivity contribution >= 4 is 31.5 Å². The molecule has 0 aliphatic carbocycles. The van der Waals surface area contributed by atoms with Gasteiger partial charge in [-0.05, 0) is 18.2 Å². The van der Waals surface area contributed by atoms with E-state index >= 15 is 0 Å². The van der Waals surface area contributed by atoms with Gasteiger partial charge >= 0.3 is 6.03 Å². The summed E-state index contributed by atoms with van der Waals surface area (Å²) in [5.74, 6) is 0.0391. The van der Waals surface area contributed by atoms with Gasteiger partial charge in [0.05, 0.1) is 39.1 Å². The van der Waals surface area contributed by atoms with Crippen LogP contribution in [0.5, 0.6) is 0 Å². The first-order valence-electron chi connectivity index (χ1n) is 6.71. The Morgan fingerprint density at radius 2 is 2.04 bits per heavy atom. The summed E-state index contributed by atoms with van der Waals surface area (Å²) in [4.78, 5) is 13.6. The Kier molecular flexibility index (Phi) is 4.91. The minimum absolute atomic E-state index is 0.0196. The van der Waals surface area contributed by atoms with Gasteiger partial charge in [-0.3, -0.25) is 0 Å². The summed E-state index contributed by atoms with van der Waals surface area (Å²) in [7, 11) is -6.50. The Bertz CT molecular complexity index is 865.